The van der Waals surface area contributed by atoms with Crippen molar-refractivity contribution >= 4 is 22.6 Å². The molecule has 0 spiro atoms. The predicted octanol–water partition coefficient (Wildman–Crippen LogP) is 2.87. The fraction of sp³-hybridized carbons (Fsp3) is 0.182. The van der Waals surface area contributed by atoms with Crippen molar-refractivity contribution in [2.75, 3.05) is 0 Å². The second kappa shape index (κ2) is 4.59. The van der Waals surface area contributed by atoms with Crippen LogP contribution in [0.4, 0.5) is 0 Å². The zero-order valence-corrected chi connectivity index (χ0v) is 9.89. The molecule has 0 aliphatic carbocycles. The maximum atomic E-state index is 4.43. The van der Waals surface area contributed by atoms with Crippen LogP contribution in [0.2, 0.25) is 0 Å². The Morgan fingerprint density at radius 3 is 2.57 bits per heavy atom. The molecule has 2 aromatic rings. The Bertz CT molecular complexity index is 395. The second-order valence-corrected chi connectivity index (χ2v) is 3.89. The van der Waals surface area contributed by atoms with Gasteiger partial charge in [0.2, 0.25) is 0 Å². The Hall–Kier alpha value is -0.840. The molecule has 0 fully saturated rings. The topological polar surface area (TPSA) is 17.8 Å². The third-order valence-corrected chi connectivity index (χ3v) is 2.80. The number of rotatable bonds is 3. The van der Waals surface area contributed by atoms with E-state index in [2.05, 4.69) is 58.0 Å². The summed E-state index contributed by atoms with van der Waals surface area (Å²) in [5.41, 5.74) is 2.43. The Morgan fingerprint density at radius 2 is 1.93 bits per heavy atom. The Kier molecular flexibility index (Phi) is 3.18. The summed E-state index contributed by atoms with van der Waals surface area (Å²) in [7, 11) is 0. The van der Waals surface area contributed by atoms with Crippen molar-refractivity contribution in [3.63, 3.8) is 0 Å². The van der Waals surface area contributed by atoms with Gasteiger partial charge in [0.15, 0.2) is 0 Å². The molecule has 0 saturated heterocycles. The molecule has 0 aliphatic heterocycles. The first kappa shape index (κ1) is 9.71. The van der Waals surface area contributed by atoms with E-state index in [0.717, 1.165) is 16.7 Å². The van der Waals surface area contributed by atoms with Crippen molar-refractivity contribution < 1.29 is 0 Å². The SMILES string of the molecule is ICc1ccn(Cc2ccccc2)n1. The Balaban J connectivity index is 2.11. The standard InChI is InChI=1S/C11H11IN2/c12-8-11-6-7-14(13-11)9-10-4-2-1-3-5-10/h1-7H,8-9H2. The minimum absolute atomic E-state index is 0.859. The quantitative estimate of drug-likeness (QED) is 0.629. The molecule has 0 aliphatic rings. The van der Waals surface area contributed by atoms with Crippen LogP contribution in [0.15, 0.2) is 42.6 Å². The van der Waals surface area contributed by atoms with Crippen LogP contribution in [0.25, 0.3) is 0 Å². The highest BCUT2D eigenvalue weighted by Gasteiger charge is 1.97. The molecule has 0 radical (unpaired) electrons. The summed E-state index contributed by atoms with van der Waals surface area (Å²) in [4.78, 5) is 0. The van der Waals surface area contributed by atoms with E-state index in [1.54, 1.807) is 0 Å². The molecule has 0 amide bonds. The lowest BCUT2D eigenvalue weighted by Crippen LogP contribution is -2.00. The third-order valence-electron chi connectivity index (χ3n) is 2.02. The van der Waals surface area contributed by atoms with E-state index in [4.69, 9.17) is 0 Å². The van der Waals surface area contributed by atoms with E-state index in [9.17, 15) is 0 Å². The van der Waals surface area contributed by atoms with Gasteiger partial charge in [0, 0.05) is 10.6 Å². The first-order valence-electron chi connectivity index (χ1n) is 4.51. The molecule has 2 rings (SSSR count). The van der Waals surface area contributed by atoms with Crippen LogP contribution in [0, 0.1) is 0 Å². The molecule has 72 valence electrons. The summed E-state index contributed by atoms with van der Waals surface area (Å²) in [6.07, 6.45) is 2.03. The van der Waals surface area contributed by atoms with Crippen LogP contribution in [0.3, 0.4) is 0 Å². The zero-order valence-electron chi connectivity index (χ0n) is 7.73. The maximum Gasteiger partial charge on any atom is 0.0722 e. The van der Waals surface area contributed by atoms with Gasteiger partial charge in [-0.2, -0.15) is 5.10 Å². The molecule has 2 nitrogen and oxygen atoms in total. The number of hydrogen-bond acceptors (Lipinski definition) is 1. The number of alkyl halides is 1. The van der Waals surface area contributed by atoms with Gasteiger partial charge in [-0.05, 0) is 11.6 Å². The van der Waals surface area contributed by atoms with E-state index in [0.29, 0.717) is 0 Å². The summed E-state index contributed by atoms with van der Waals surface area (Å²) in [6.45, 7) is 0.859. The van der Waals surface area contributed by atoms with Crippen molar-refractivity contribution in [2.24, 2.45) is 0 Å². The van der Waals surface area contributed by atoms with Gasteiger partial charge in [0.05, 0.1) is 12.2 Å². The van der Waals surface area contributed by atoms with Crippen molar-refractivity contribution in [3.8, 4) is 0 Å². The molecular weight excluding hydrogens is 287 g/mol. The summed E-state index contributed by atoms with van der Waals surface area (Å²) in [5.74, 6) is 0. The number of aromatic nitrogens is 2. The summed E-state index contributed by atoms with van der Waals surface area (Å²) in [6, 6.07) is 12.4. The number of halogens is 1. The lowest BCUT2D eigenvalue weighted by Gasteiger charge is -2.00. The first-order chi connectivity index (χ1) is 6.88. The van der Waals surface area contributed by atoms with Crippen LogP contribution in [-0.4, -0.2) is 9.78 Å². The van der Waals surface area contributed by atoms with E-state index < -0.39 is 0 Å². The van der Waals surface area contributed by atoms with E-state index in [1.165, 1.54) is 5.56 Å². The first-order valence-corrected chi connectivity index (χ1v) is 6.03. The van der Waals surface area contributed by atoms with E-state index in [-0.39, 0.29) is 0 Å². The summed E-state index contributed by atoms with van der Waals surface area (Å²) < 4.78 is 2.95. The summed E-state index contributed by atoms with van der Waals surface area (Å²) >= 11 is 2.32. The minimum atomic E-state index is 0.859. The molecule has 0 saturated carbocycles. The van der Waals surface area contributed by atoms with Gasteiger partial charge in [0.1, 0.15) is 0 Å². The van der Waals surface area contributed by atoms with Crippen LogP contribution in [-0.2, 0) is 11.0 Å². The Morgan fingerprint density at radius 1 is 1.14 bits per heavy atom. The van der Waals surface area contributed by atoms with Crippen LogP contribution in [0.5, 0.6) is 0 Å². The molecule has 0 atom stereocenters. The Labute approximate surface area is 97.1 Å². The van der Waals surface area contributed by atoms with Gasteiger partial charge in [-0.3, -0.25) is 4.68 Å². The number of benzene rings is 1. The smallest absolute Gasteiger partial charge is 0.0722 e. The average molecular weight is 298 g/mol. The number of nitrogens with zero attached hydrogens (tertiary/aromatic N) is 2. The van der Waals surface area contributed by atoms with Gasteiger partial charge in [0.25, 0.3) is 0 Å². The molecule has 1 heterocycles. The van der Waals surface area contributed by atoms with Gasteiger partial charge < -0.3 is 0 Å². The highest BCUT2D eigenvalue weighted by molar-refractivity contribution is 14.1. The minimum Gasteiger partial charge on any atom is -0.268 e. The van der Waals surface area contributed by atoms with Crippen LogP contribution >= 0.6 is 22.6 Å². The fourth-order valence-corrected chi connectivity index (χ4v) is 1.74. The predicted molar refractivity (Wildman–Crippen MR) is 65.5 cm³/mol. The third kappa shape index (κ3) is 2.35. The maximum absolute atomic E-state index is 4.43. The molecule has 0 unspecified atom stereocenters. The average Bonchev–Trinajstić information content (AvgIpc) is 2.67. The molecule has 1 aromatic carbocycles. The normalized spacial score (nSPS) is 10.4. The van der Waals surface area contributed by atoms with Crippen molar-refractivity contribution in [1.29, 1.82) is 0 Å². The lowest BCUT2D eigenvalue weighted by atomic mass is 10.2. The molecule has 0 bridgehead atoms. The monoisotopic (exact) mass is 298 g/mol. The zero-order chi connectivity index (χ0) is 9.80. The van der Waals surface area contributed by atoms with E-state index in [1.807, 2.05) is 16.9 Å². The highest BCUT2D eigenvalue weighted by atomic mass is 127. The highest BCUT2D eigenvalue weighted by Crippen LogP contribution is 2.05. The van der Waals surface area contributed by atoms with Crippen LogP contribution < -0.4 is 0 Å². The van der Waals surface area contributed by atoms with Gasteiger partial charge >= 0.3 is 0 Å². The van der Waals surface area contributed by atoms with Gasteiger partial charge in [-0.25, -0.2) is 0 Å². The van der Waals surface area contributed by atoms with Crippen LogP contribution in [0.1, 0.15) is 11.3 Å². The fourth-order valence-electron chi connectivity index (χ4n) is 1.33. The molecular formula is C11H11IN2. The second-order valence-electron chi connectivity index (χ2n) is 3.12. The lowest BCUT2D eigenvalue weighted by molar-refractivity contribution is 0.679. The molecule has 14 heavy (non-hydrogen) atoms. The molecule has 3 heteroatoms. The largest absolute Gasteiger partial charge is 0.268 e. The number of hydrogen-bond donors (Lipinski definition) is 0. The van der Waals surface area contributed by atoms with Crippen molar-refractivity contribution in [1.82, 2.24) is 9.78 Å². The van der Waals surface area contributed by atoms with E-state index >= 15 is 0 Å². The summed E-state index contributed by atoms with van der Waals surface area (Å²) in [5, 5.41) is 4.43. The van der Waals surface area contributed by atoms with Gasteiger partial charge in [-0.1, -0.05) is 52.9 Å². The molecule has 1 aromatic heterocycles. The van der Waals surface area contributed by atoms with Crippen molar-refractivity contribution in [2.45, 2.75) is 11.0 Å². The van der Waals surface area contributed by atoms with Gasteiger partial charge in [-0.15, -0.1) is 0 Å². The van der Waals surface area contributed by atoms with Crippen molar-refractivity contribution in [3.05, 3.63) is 53.9 Å². The molecule has 0 N–H and O–H groups in total.